The van der Waals surface area contributed by atoms with E-state index in [2.05, 4.69) is 30.3 Å². The van der Waals surface area contributed by atoms with Gasteiger partial charge in [0.25, 0.3) is 0 Å². The highest BCUT2D eigenvalue weighted by molar-refractivity contribution is 5.84. The summed E-state index contributed by atoms with van der Waals surface area (Å²) in [7, 11) is 3.64. The van der Waals surface area contributed by atoms with Gasteiger partial charge in [0.05, 0.1) is 19.2 Å². The van der Waals surface area contributed by atoms with Crippen LogP contribution in [0.25, 0.3) is 10.8 Å². The minimum atomic E-state index is -0.0773. The van der Waals surface area contributed by atoms with Crippen molar-refractivity contribution in [1.82, 2.24) is 4.90 Å². The molecule has 0 radical (unpaired) electrons. The SMILES string of the molecule is COc1ccc2cc(CN(C)C(C)C#N)ccc2c1. The molecule has 1 atom stereocenters. The van der Waals surface area contributed by atoms with Gasteiger partial charge in [0, 0.05) is 6.54 Å². The largest absolute Gasteiger partial charge is 0.497 e. The van der Waals surface area contributed by atoms with Crippen molar-refractivity contribution in [3.8, 4) is 11.8 Å². The van der Waals surface area contributed by atoms with E-state index in [0.29, 0.717) is 0 Å². The molecule has 2 aromatic rings. The fourth-order valence-corrected chi connectivity index (χ4v) is 2.02. The van der Waals surface area contributed by atoms with Crippen molar-refractivity contribution in [3.05, 3.63) is 42.0 Å². The van der Waals surface area contributed by atoms with Crippen LogP contribution < -0.4 is 4.74 Å². The molecule has 98 valence electrons. The van der Waals surface area contributed by atoms with E-state index in [1.54, 1.807) is 7.11 Å². The van der Waals surface area contributed by atoms with Gasteiger partial charge in [0.2, 0.25) is 0 Å². The molecule has 0 aliphatic carbocycles. The Morgan fingerprint density at radius 2 is 1.89 bits per heavy atom. The molecule has 2 rings (SSSR count). The van der Waals surface area contributed by atoms with E-state index in [-0.39, 0.29) is 6.04 Å². The molecule has 0 amide bonds. The van der Waals surface area contributed by atoms with Gasteiger partial charge < -0.3 is 4.74 Å². The summed E-state index contributed by atoms with van der Waals surface area (Å²) in [6.07, 6.45) is 0. The molecular weight excluding hydrogens is 236 g/mol. The fraction of sp³-hybridized carbons (Fsp3) is 0.312. The summed E-state index contributed by atoms with van der Waals surface area (Å²) < 4.78 is 5.22. The van der Waals surface area contributed by atoms with Crippen LogP contribution in [0.3, 0.4) is 0 Å². The Morgan fingerprint density at radius 1 is 1.21 bits per heavy atom. The maximum Gasteiger partial charge on any atom is 0.119 e. The predicted octanol–water partition coefficient (Wildman–Crippen LogP) is 3.19. The number of benzene rings is 2. The van der Waals surface area contributed by atoms with Crippen molar-refractivity contribution in [3.63, 3.8) is 0 Å². The van der Waals surface area contributed by atoms with Crippen molar-refractivity contribution < 1.29 is 4.74 Å². The first-order valence-electron chi connectivity index (χ1n) is 6.30. The van der Waals surface area contributed by atoms with Crippen molar-refractivity contribution >= 4 is 10.8 Å². The number of rotatable bonds is 4. The molecule has 0 bridgehead atoms. The molecule has 2 aromatic carbocycles. The standard InChI is InChI=1S/C16H18N2O/c1-12(10-17)18(2)11-13-4-5-15-9-16(19-3)7-6-14(15)8-13/h4-9,12H,11H2,1-3H3. The summed E-state index contributed by atoms with van der Waals surface area (Å²) >= 11 is 0. The molecular formula is C16H18N2O. The van der Waals surface area contributed by atoms with Crippen LogP contribution in [-0.4, -0.2) is 25.1 Å². The Bertz CT molecular complexity index is 616. The summed E-state index contributed by atoms with van der Waals surface area (Å²) in [5, 5.41) is 11.3. The third-order valence-corrected chi connectivity index (χ3v) is 3.39. The van der Waals surface area contributed by atoms with Gasteiger partial charge in [0.15, 0.2) is 0 Å². The summed E-state index contributed by atoms with van der Waals surface area (Å²) in [5.41, 5.74) is 1.21. The average Bonchev–Trinajstić information content (AvgIpc) is 2.45. The van der Waals surface area contributed by atoms with Crippen molar-refractivity contribution in [1.29, 1.82) is 5.26 Å². The smallest absolute Gasteiger partial charge is 0.119 e. The zero-order valence-corrected chi connectivity index (χ0v) is 11.6. The minimum absolute atomic E-state index is 0.0773. The van der Waals surface area contributed by atoms with Crippen LogP contribution in [0.2, 0.25) is 0 Å². The maximum atomic E-state index is 8.91. The topological polar surface area (TPSA) is 36.3 Å². The molecule has 0 saturated carbocycles. The Kier molecular flexibility index (Phi) is 4.03. The van der Waals surface area contributed by atoms with Crippen molar-refractivity contribution in [2.75, 3.05) is 14.2 Å². The lowest BCUT2D eigenvalue weighted by Crippen LogP contribution is -2.26. The number of methoxy groups -OCH3 is 1. The zero-order valence-electron chi connectivity index (χ0n) is 11.6. The highest BCUT2D eigenvalue weighted by Crippen LogP contribution is 2.22. The van der Waals surface area contributed by atoms with Crippen molar-refractivity contribution in [2.24, 2.45) is 0 Å². The number of hydrogen-bond donors (Lipinski definition) is 0. The van der Waals surface area contributed by atoms with Gasteiger partial charge in [-0.15, -0.1) is 0 Å². The first-order chi connectivity index (χ1) is 9.13. The van der Waals surface area contributed by atoms with Gasteiger partial charge in [-0.1, -0.05) is 18.2 Å². The van der Waals surface area contributed by atoms with Gasteiger partial charge in [-0.3, -0.25) is 4.90 Å². The molecule has 0 fully saturated rings. The third kappa shape index (κ3) is 3.04. The van der Waals surface area contributed by atoms with Crippen LogP contribution >= 0.6 is 0 Å². The van der Waals surface area contributed by atoms with Crippen LogP contribution in [0.15, 0.2) is 36.4 Å². The Balaban J connectivity index is 2.25. The number of hydrogen-bond acceptors (Lipinski definition) is 3. The average molecular weight is 254 g/mol. The normalized spacial score (nSPS) is 12.4. The first kappa shape index (κ1) is 13.4. The van der Waals surface area contributed by atoms with E-state index >= 15 is 0 Å². The summed E-state index contributed by atoms with van der Waals surface area (Å²) in [4.78, 5) is 2.03. The summed E-state index contributed by atoms with van der Waals surface area (Å²) in [6.45, 7) is 2.68. The molecule has 0 N–H and O–H groups in total. The first-order valence-corrected chi connectivity index (χ1v) is 6.30. The number of nitrogens with zero attached hydrogens (tertiary/aromatic N) is 2. The molecule has 0 saturated heterocycles. The monoisotopic (exact) mass is 254 g/mol. The van der Waals surface area contributed by atoms with Crippen LogP contribution in [-0.2, 0) is 6.54 Å². The van der Waals surface area contributed by atoms with E-state index in [1.807, 2.05) is 31.0 Å². The minimum Gasteiger partial charge on any atom is -0.497 e. The lowest BCUT2D eigenvalue weighted by molar-refractivity contribution is 0.294. The van der Waals surface area contributed by atoms with Gasteiger partial charge >= 0.3 is 0 Å². The Labute approximate surface area is 114 Å². The van der Waals surface area contributed by atoms with Gasteiger partial charge in [-0.2, -0.15) is 5.26 Å². The number of fused-ring (bicyclic) bond motifs is 1. The second-order valence-corrected chi connectivity index (χ2v) is 4.77. The van der Waals surface area contributed by atoms with E-state index in [1.165, 1.54) is 16.3 Å². The third-order valence-electron chi connectivity index (χ3n) is 3.39. The Hall–Kier alpha value is -2.05. The molecule has 3 nitrogen and oxygen atoms in total. The maximum absolute atomic E-state index is 8.91. The van der Waals surface area contributed by atoms with Crippen LogP contribution in [0.1, 0.15) is 12.5 Å². The van der Waals surface area contributed by atoms with E-state index in [9.17, 15) is 0 Å². The van der Waals surface area contributed by atoms with E-state index < -0.39 is 0 Å². The summed E-state index contributed by atoms with van der Waals surface area (Å²) in [5.74, 6) is 0.871. The number of nitriles is 1. The van der Waals surface area contributed by atoms with Crippen molar-refractivity contribution in [2.45, 2.75) is 19.5 Å². The molecule has 19 heavy (non-hydrogen) atoms. The summed E-state index contributed by atoms with van der Waals surface area (Å²) in [6, 6.07) is 14.6. The highest BCUT2D eigenvalue weighted by Gasteiger charge is 2.08. The second-order valence-electron chi connectivity index (χ2n) is 4.77. The molecule has 1 unspecified atom stereocenters. The van der Waals surface area contributed by atoms with Gasteiger partial charge in [0.1, 0.15) is 5.75 Å². The predicted molar refractivity (Wildman–Crippen MR) is 77.0 cm³/mol. The lowest BCUT2D eigenvalue weighted by Gasteiger charge is -2.19. The molecule has 0 aromatic heterocycles. The van der Waals surface area contributed by atoms with Crippen LogP contribution in [0.4, 0.5) is 0 Å². The van der Waals surface area contributed by atoms with Crippen LogP contribution in [0.5, 0.6) is 5.75 Å². The second kappa shape index (κ2) is 5.73. The lowest BCUT2D eigenvalue weighted by atomic mass is 10.1. The molecule has 0 aliphatic rings. The quantitative estimate of drug-likeness (QED) is 0.840. The molecule has 0 spiro atoms. The fourth-order valence-electron chi connectivity index (χ4n) is 2.02. The van der Waals surface area contributed by atoms with Crippen LogP contribution in [0, 0.1) is 11.3 Å². The van der Waals surface area contributed by atoms with Gasteiger partial charge in [-0.25, -0.2) is 0 Å². The molecule has 3 heteroatoms. The van der Waals surface area contributed by atoms with E-state index in [0.717, 1.165) is 12.3 Å². The molecule has 0 heterocycles. The molecule has 0 aliphatic heterocycles. The number of ether oxygens (including phenoxy) is 1. The Morgan fingerprint density at radius 3 is 2.58 bits per heavy atom. The van der Waals surface area contributed by atoms with Gasteiger partial charge in [-0.05, 0) is 48.5 Å². The highest BCUT2D eigenvalue weighted by atomic mass is 16.5. The zero-order chi connectivity index (χ0) is 13.8. The van der Waals surface area contributed by atoms with E-state index in [4.69, 9.17) is 10.00 Å².